The van der Waals surface area contributed by atoms with Gasteiger partial charge in [0.25, 0.3) is 0 Å². The third-order valence-corrected chi connectivity index (χ3v) is 3.19. The van der Waals surface area contributed by atoms with Crippen molar-refractivity contribution in [2.45, 2.75) is 25.4 Å². The molecule has 1 aliphatic rings. The average molecular weight is 255 g/mol. The van der Waals surface area contributed by atoms with E-state index in [2.05, 4.69) is 17.5 Å². The molecule has 1 aliphatic carbocycles. The van der Waals surface area contributed by atoms with Gasteiger partial charge in [0.15, 0.2) is 0 Å². The Bertz CT molecular complexity index is 423. The summed E-state index contributed by atoms with van der Waals surface area (Å²) in [5.41, 5.74) is -0.407. The topological polar surface area (TPSA) is 12.0 Å². The van der Waals surface area contributed by atoms with Crippen LogP contribution in [0.5, 0.6) is 0 Å². The van der Waals surface area contributed by atoms with E-state index in [1.807, 2.05) is 0 Å². The van der Waals surface area contributed by atoms with Crippen LogP contribution < -0.4 is 5.32 Å². The molecular formula is C14H16F3N. The minimum atomic E-state index is -4.30. The second-order valence-electron chi connectivity index (χ2n) is 4.57. The van der Waals surface area contributed by atoms with Crippen LogP contribution in [0.1, 0.15) is 24.8 Å². The van der Waals surface area contributed by atoms with E-state index >= 15 is 0 Å². The lowest BCUT2D eigenvalue weighted by molar-refractivity contribution is -0.136. The van der Waals surface area contributed by atoms with Crippen LogP contribution in [0.2, 0.25) is 0 Å². The highest BCUT2D eigenvalue weighted by atomic mass is 19.4. The Hall–Kier alpha value is -1.45. The first-order chi connectivity index (χ1) is 8.57. The van der Waals surface area contributed by atoms with Crippen LogP contribution in [-0.2, 0) is 6.18 Å². The fourth-order valence-corrected chi connectivity index (χ4v) is 2.18. The summed E-state index contributed by atoms with van der Waals surface area (Å²) < 4.78 is 38.3. The van der Waals surface area contributed by atoms with E-state index in [-0.39, 0.29) is 5.69 Å². The highest BCUT2D eigenvalue weighted by Gasteiger charge is 2.33. The second-order valence-corrected chi connectivity index (χ2v) is 4.57. The largest absolute Gasteiger partial charge is 0.418 e. The van der Waals surface area contributed by atoms with Crippen LogP contribution in [0.4, 0.5) is 18.9 Å². The molecule has 2 rings (SSSR count). The molecule has 0 aliphatic heterocycles. The molecular weight excluding hydrogens is 239 g/mol. The average Bonchev–Trinajstić information content (AvgIpc) is 2.37. The molecule has 4 heteroatoms. The number of alkyl halides is 3. The standard InChI is InChI=1S/C14H16F3N/c15-14(16,17)12-8-4-5-9-13(12)18-10-11-6-2-1-3-7-11/h1-2,4-5,8-9,11,18H,3,6-7,10H2. The number of nitrogens with one attached hydrogen (secondary N) is 1. The molecule has 0 spiro atoms. The zero-order valence-corrected chi connectivity index (χ0v) is 10.0. The quantitative estimate of drug-likeness (QED) is 0.785. The highest BCUT2D eigenvalue weighted by molar-refractivity contribution is 5.52. The molecule has 1 aromatic carbocycles. The summed E-state index contributed by atoms with van der Waals surface area (Å²) in [6, 6.07) is 5.64. The van der Waals surface area contributed by atoms with Gasteiger partial charge in [0.05, 0.1) is 5.56 Å². The molecule has 98 valence electrons. The molecule has 0 radical (unpaired) electrons. The number of para-hydroxylation sites is 1. The van der Waals surface area contributed by atoms with Crippen LogP contribution in [0.3, 0.4) is 0 Å². The molecule has 0 amide bonds. The van der Waals surface area contributed by atoms with Crippen molar-refractivity contribution < 1.29 is 13.2 Å². The Balaban J connectivity index is 2.03. The van der Waals surface area contributed by atoms with Crippen LogP contribution in [-0.4, -0.2) is 6.54 Å². The zero-order chi connectivity index (χ0) is 13.0. The number of allylic oxidation sites excluding steroid dienone is 2. The summed E-state index contributed by atoms with van der Waals surface area (Å²) in [4.78, 5) is 0. The van der Waals surface area contributed by atoms with E-state index in [1.165, 1.54) is 12.1 Å². The molecule has 1 unspecified atom stereocenters. The maximum Gasteiger partial charge on any atom is 0.418 e. The third-order valence-electron chi connectivity index (χ3n) is 3.19. The Morgan fingerprint density at radius 3 is 2.61 bits per heavy atom. The van der Waals surface area contributed by atoms with E-state index in [0.717, 1.165) is 25.3 Å². The fourth-order valence-electron chi connectivity index (χ4n) is 2.18. The van der Waals surface area contributed by atoms with Crippen molar-refractivity contribution in [2.75, 3.05) is 11.9 Å². The van der Waals surface area contributed by atoms with Gasteiger partial charge in [-0.25, -0.2) is 0 Å². The van der Waals surface area contributed by atoms with E-state index in [9.17, 15) is 13.2 Å². The van der Waals surface area contributed by atoms with Crippen molar-refractivity contribution in [3.63, 3.8) is 0 Å². The normalized spacial score (nSPS) is 19.8. The lowest BCUT2D eigenvalue weighted by Crippen LogP contribution is -2.18. The summed E-state index contributed by atoms with van der Waals surface area (Å²) >= 11 is 0. The van der Waals surface area contributed by atoms with Gasteiger partial charge >= 0.3 is 6.18 Å². The first-order valence-electron chi connectivity index (χ1n) is 6.12. The molecule has 1 N–H and O–H groups in total. The molecule has 0 saturated carbocycles. The molecule has 1 aromatic rings. The van der Waals surface area contributed by atoms with Gasteiger partial charge in [-0.2, -0.15) is 13.2 Å². The first kappa shape index (κ1) is 13.0. The highest BCUT2D eigenvalue weighted by Crippen LogP contribution is 2.34. The minimum Gasteiger partial charge on any atom is -0.384 e. The van der Waals surface area contributed by atoms with Crippen molar-refractivity contribution in [3.8, 4) is 0 Å². The van der Waals surface area contributed by atoms with E-state index in [1.54, 1.807) is 6.07 Å². The molecule has 0 bridgehead atoms. The Morgan fingerprint density at radius 1 is 1.17 bits per heavy atom. The summed E-state index contributed by atoms with van der Waals surface area (Å²) in [5.74, 6) is 0.427. The van der Waals surface area contributed by atoms with Gasteiger partial charge in [0.2, 0.25) is 0 Å². The van der Waals surface area contributed by atoms with Crippen molar-refractivity contribution in [1.29, 1.82) is 0 Å². The lowest BCUT2D eigenvalue weighted by Gasteiger charge is -2.20. The fraction of sp³-hybridized carbons (Fsp3) is 0.429. The second kappa shape index (κ2) is 5.46. The lowest BCUT2D eigenvalue weighted by atomic mass is 9.94. The number of anilines is 1. The Labute approximate surface area is 105 Å². The van der Waals surface area contributed by atoms with Gasteiger partial charge < -0.3 is 5.32 Å². The summed E-state index contributed by atoms with van der Waals surface area (Å²) in [6.07, 6.45) is 2.94. The van der Waals surface area contributed by atoms with E-state index in [4.69, 9.17) is 0 Å². The number of hydrogen-bond acceptors (Lipinski definition) is 1. The van der Waals surface area contributed by atoms with Crippen LogP contribution >= 0.6 is 0 Å². The molecule has 1 nitrogen and oxygen atoms in total. The molecule has 1 atom stereocenters. The third kappa shape index (κ3) is 3.28. The Morgan fingerprint density at radius 2 is 1.94 bits per heavy atom. The SMILES string of the molecule is FC(F)(F)c1ccccc1NCC1CC=CCC1. The van der Waals surface area contributed by atoms with Gasteiger partial charge in [-0.1, -0.05) is 24.3 Å². The molecule has 0 heterocycles. The van der Waals surface area contributed by atoms with E-state index < -0.39 is 11.7 Å². The molecule has 0 aromatic heterocycles. The van der Waals surface area contributed by atoms with Gasteiger partial charge in [0, 0.05) is 12.2 Å². The van der Waals surface area contributed by atoms with Crippen LogP contribution in [0.15, 0.2) is 36.4 Å². The smallest absolute Gasteiger partial charge is 0.384 e. The molecule has 0 fully saturated rings. The van der Waals surface area contributed by atoms with Gasteiger partial charge in [-0.15, -0.1) is 0 Å². The van der Waals surface area contributed by atoms with Gasteiger partial charge in [-0.3, -0.25) is 0 Å². The monoisotopic (exact) mass is 255 g/mol. The van der Waals surface area contributed by atoms with Gasteiger partial charge in [-0.05, 0) is 37.3 Å². The van der Waals surface area contributed by atoms with Crippen LogP contribution in [0.25, 0.3) is 0 Å². The van der Waals surface area contributed by atoms with Crippen molar-refractivity contribution in [1.82, 2.24) is 0 Å². The number of halogens is 3. The summed E-state index contributed by atoms with van der Waals surface area (Å²) in [7, 11) is 0. The van der Waals surface area contributed by atoms with Gasteiger partial charge in [0.1, 0.15) is 0 Å². The minimum absolute atomic E-state index is 0.180. The van der Waals surface area contributed by atoms with E-state index in [0.29, 0.717) is 12.5 Å². The zero-order valence-electron chi connectivity index (χ0n) is 10.0. The molecule has 0 saturated heterocycles. The number of benzene rings is 1. The molecule has 18 heavy (non-hydrogen) atoms. The number of rotatable bonds is 3. The predicted molar refractivity (Wildman–Crippen MR) is 66.4 cm³/mol. The van der Waals surface area contributed by atoms with Crippen molar-refractivity contribution >= 4 is 5.69 Å². The summed E-state index contributed by atoms with van der Waals surface area (Å²) in [5, 5.41) is 2.94. The maximum atomic E-state index is 12.8. The number of hydrogen-bond donors (Lipinski definition) is 1. The van der Waals surface area contributed by atoms with Crippen LogP contribution in [0, 0.1) is 5.92 Å². The summed E-state index contributed by atoms with van der Waals surface area (Å²) in [6.45, 7) is 0.595. The predicted octanol–water partition coefficient (Wildman–Crippen LogP) is 4.47. The maximum absolute atomic E-state index is 12.8. The van der Waals surface area contributed by atoms with Crippen molar-refractivity contribution in [2.24, 2.45) is 5.92 Å². The van der Waals surface area contributed by atoms with Crippen molar-refractivity contribution in [3.05, 3.63) is 42.0 Å². The first-order valence-corrected chi connectivity index (χ1v) is 6.12. The Kier molecular flexibility index (Phi) is 3.94.